The molecule has 0 aliphatic heterocycles. The van der Waals surface area contributed by atoms with Gasteiger partial charge >= 0.3 is 5.91 Å². The van der Waals surface area contributed by atoms with E-state index in [1.54, 1.807) is 0 Å². The van der Waals surface area contributed by atoms with Gasteiger partial charge in [-0.15, -0.1) is 0 Å². The van der Waals surface area contributed by atoms with Crippen molar-refractivity contribution in [2.75, 3.05) is 5.32 Å². The van der Waals surface area contributed by atoms with Gasteiger partial charge in [0.15, 0.2) is 0 Å². The lowest BCUT2D eigenvalue weighted by Crippen LogP contribution is -2.19. The van der Waals surface area contributed by atoms with Gasteiger partial charge in [-0.2, -0.15) is 0 Å². The summed E-state index contributed by atoms with van der Waals surface area (Å²) in [5.74, 6) is 0.448. The Hall–Kier alpha value is -3.24. The number of aromatic nitrogens is 2. The first kappa shape index (κ1) is 17.2. The standard InChI is InChI=1S/C22H16ClN3O/c1-14-6-11-21(24-13-14)26-22(27)18-12-20(15-7-9-16(23)10-8-15)25-19-5-3-2-4-17(18)19/h2-13H,1H3,(H,24,26,27)/p+1. The number of rotatable bonds is 3. The van der Waals surface area contributed by atoms with Crippen LogP contribution in [0.2, 0.25) is 5.02 Å². The van der Waals surface area contributed by atoms with Crippen LogP contribution < -0.4 is 10.3 Å². The molecule has 27 heavy (non-hydrogen) atoms. The molecule has 2 aromatic heterocycles. The first-order valence-electron chi connectivity index (χ1n) is 8.55. The molecule has 4 nitrogen and oxygen atoms in total. The number of nitrogens with one attached hydrogen (secondary N) is 2. The van der Waals surface area contributed by atoms with E-state index in [0.29, 0.717) is 16.4 Å². The summed E-state index contributed by atoms with van der Waals surface area (Å²) in [6, 6.07) is 20.7. The molecular formula is C22H17ClN3O+. The largest absolute Gasteiger partial charge is 0.339 e. The highest BCUT2D eigenvalue weighted by Crippen LogP contribution is 2.26. The summed E-state index contributed by atoms with van der Waals surface area (Å²) in [5, 5.41) is 4.39. The second kappa shape index (κ2) is 7.17. The maximum absolute atomic E-state index is 13.0. The molecule has 2 heterocycles. The summed E-state index contributed by atoms with van der Waals surface area (Å²) in [6.45, 7) is 1.98. The predicted octanol–water partition coefficient (Wildman–Crippen LogP) is 4.93. The van der Waals surface area contributed by atoms with Crippen LogP contribution in [0.1, 0.15) is 15.9 Å². The summed E-state index contributed by atoms with van der Waals surface area (Å²) in [7, 11) is 0. The number of H-pyrrole nitrogens is 1. The zero-order chi connectivity index (χ0) is 18.8. The highest BCUT2D eigenvalue weighted by Gasteiger charge is 2.18. The molecule has 0 aliphatic carbocycles. The Balaban J connectivity index is 1.79. The lowest BCUT2D eigenvalue weighted by Gasteiger charge is -2.08. The Kier molecular flexibility index (Phi) is 4.57. The van der Waals surface area contributed by atoms with Gasteiger partial charge in [-0.3, -0.25) is 0 Å². The fraction of sp³-hybridized carbons (Fsp3) is 0.0455. The number of fused-ring (bicyclic) bond motifs is 1. The van der Waals surface area contributed by atoms with Gasteiger partial charge in [0, 0.05) is 22.0 Å². The van der Waals surface area contributed by atoms with Crippen molar-refractivity contribution in [3.8, 4) is 11.3 Å². The van der Waals surface area contributed by atoms with Crippen molar-refractivity contribution in [3.63, 3.8) is 0 Å². The normalized spacial score (nSPS) is 10.7. The van der Waals surface area contributed by atoms with Gasteiger partial charge in [0.1, 0.15) is 0 Å². The van der Waals surface area contributed by atoms with E-state index in [1.165, 1.54) is 0 Å². The van der Waals surface area contributed by atoms with E-state index < -0.39 is 0 Å². The van der Waals surface area contributed by atoms with Crippen LogP contribution in [-0.2, 0) is 0 Å². The zero-order valence-electron chi connectivity index (χ0n) is 14.7. The number of carbonyl (C=O) groups excluding carboxylic acids is 1. The third-order valence-electron chi connectivity index (χ3n) is 4.32. The van der Waals surface area contributed by atoms with Crippen molar-refractivity contribution >= 4 is 34.2 Å². The minimum absolute atomic E-state index is 0.191. The number of hydrogen-bond donors (Lipinski definition) is 1. The maximum atomic E-state index is 13.0. The van der Waals surface area contributed by atoms with Crippen molar-refractivity contribution in [2.45, 2.75) is 6.92 Å². The van der Waals surface area contributed by atoms with Crippen molar-refractivity contribution in [1.82, 2.24) is 4.98 Å². The molecular weight excluding hydrogens is 358 g/mol. The molecule has 0 saturated heterocycles. The molecule has 2 N–H and O–H groups in total. The van der Waals surface area contributed by atoms with Gasteiger partial charge in [0.05, 0.1) is 23.0 Å². The summed E-state index contributed by atoms with van der Waals surface area (Å²) in [6.07, 6.45) is 1.85. The molecule has 0 atom stereocenters. The van der Waals surface area contributed by atoms with Crippen LogP contribution in [0.3, 0.4) is 0 Å². The molecule has 0 fully saturated rings. The Labute approximate surface area is 161 Å². The predicted molar refractivity (Wildman–Crippen MR) is 108 cm³/mol. The number of amides is 1. The van der Waals surface area contributed by atoms with E-state index >= 15 is 0 Å². The fourth-order valence-corrected chi connectivity index (χ4v) is 3.03. The molecule has 1 amide bonds. The molecule has 4 aromatic rings. The average Bonchev–Trinajstić information content (AvgIpc) is 2.69. The Morgan fingerprint density at radius 1 is 1.04 bits per heavy atom. The number of nitrogens with zero attached hydrogens (tertiary/aromatic N) is 1. The number of benzene rings is 2. The number of hydrogen-bond acceptors (Lipinski definition) is 2. The molecule has 132 valence electrons. The lowest BCUT2D eigenvalue weighted by molar-refractivity contribution is -0.361. The number of halogens is 1. The minimum atomic E-state index is -0.191. The van der Waals surface area contributed by atoms with E-state index in [9.17, 15) is 4.79 Å². The Morgan fingerprint density at radius 2 is 1.81 bits per heavy atom. The van der Waals surface area contributed by atoms with E-state index in [4.69, 9.17) is 16.6 Å². The Bertz CT molecular complexity index is 1120. The molecule has 5 heteroatoms. The van der Waals surface area contributed by atoms with Crippen LogP contribution in [0.15, 0.2) is 72.9 Å². The number of anilines is 1. The topological polar surface area (TPSA) is 56.1 Å². The Morgan fingerprint density at radius 3 is 2.56 bits per heavy atom. The van der Waals surface area contributed by atoms with Crippen molar-refractivity contribution < 1.29 is 9.78 Å². The third-order valence-corrected chi connectivity index (χ3v) is 4.57. The molecule has 0 unspecified atom stereocenters. The van der Waals surface area contributed by atoms with E-state index in [-0.39, 0.29) is 5.91 Å². The van der Waals surface area contributed by atoms with E-state index in [1.807, 2.05) is 79.9 Å². The number of aryl methyl sites for hydroxylation is 1. The van der Waals surface area contributed by atoms with Crippen molar-refractivity contribution in [3.05, 3.63) is 89.1 Å². The molecule has 0 radical (unpaired) electrons. The van der Waals surface area contributed by atoms with Crippen LogP contribution in [0.25, 0.3) is 22.2 Å². The first-order valence-corrected chi connectivity index (χ1v) is 8.93. The van der Waals surface area contributed by atoms with Gasteiger partial charge in [-0.25, -0.2) is 20.1 Å². The monoisotopic (exact) mass is 374 g/mol. The maximum Gasteiger partial charge on any atom is 0.339 e. The number of carbonyl (C=O) groups is 1. The lowest BCUT2D eigenvalue weighted by atomic mass is 10.0. The fourth-order valence-electron chi connectivity index (χ4n) is 2.90. The molecule has 0 aliphatic rings. The van der Waals surface area contributed by atoms with Gasteiger partial charge in [0.2, 0.25) is 0 Å². The average molecular weight is 375 g/mol. The van der Waals surface area contributed by atoms with E-state index in [2.05, 4.69) is 10.3 Å². The quantitative estimate of drug-likeness (QED) is 0.552. The zero-order valence-corrected chi connectivity index (χ0v) is 15.4. The number of pyridine rings is 2. The van der Waals surface area contributed by atoms with Gasteiger partial charge in [-0.1, -0.05) is 41.9 Å². The van der Waals surface area contributed by atoms with Crippen LogP contribution in [0, 0.1) is 6.92 Å². The van der Waals surface area contributed by atoms with Crippen LogP contribution in [0.4, 0.5) is 5.82 Å². The van der Waals surface area contributed by atoms with Gasteiger partial charge in [-0.05, 0) is 42.8 Å². The molecule has 0 spiro atoms. The molecule has 4 rings (SSSR count). The number of para-hydroxylation sites is 1. The second-order valence-corrected chi connectivity index (χ2v) is 6.75. The highest BCUT2D eigenvalue weighted by molar-refractivity contribution is 6.30. The smallest absolute Gasteiger partial charge is 0.248 e. The third kappa shape index (κ3) is 3.66. The van der Waals surface area contributed by atoms with Crippen LogP contribution in [-0.4, -0.2) is 10.9 Å². The van der Waals surface area contributed by atoms with Crippen molar-refractivity contribution in [2.24, 2.45) is 0 Å². The van der Waals surface area contributed by atoms with E-state index in [0.717, 1.165) is 27.7 Å². The summed E-state index contributed by atoms with van der Waals surface area (Å²) >= 11 is 5.99. The summed E-state index contributed by atoms with van der Waals surface area (Å²) < 4.78 is 0. The molecule has 0 bridgehead atoms. The molecule has 2 aromatic carbocycles. The minimum Gasteiger partial charge on any atom is -0.248 e. The summed E-state index contributed by atoms with van der Waals surface area (Å²) in [4.78, 5) is 20.8. The van der Waals surface area contributed by atoms with Crippen LogP contribution in [0.5, 0.6) is 0 Å². The number of aromatic amines is 1. The SMILES string of the molecule is Cc1ccc(NC(=O)c2cc(-c3ccc(Cl)cc3)nc3ccccc23)[nH+]c1. The van der Waals surface area contributed by atoms with Crippen LogP contribution >= 0.6 is 11.6 Å². The van der Waals surface area contributed by atoms with Crippen molar-refractivity contribution in [1.29, 1.82) is 0 Å². The van der Waals surface area contributed by atoms with Gasteiger partial charge in [0.25, 0.3) is 5.82 Å². The van der Waals surface area contributed by atoms with Gasteiger partial charge < -0.3 is 0 Å². The molecule has 0 saturated carbocycles. The highest BCUT2D eigenvalue weighted by atomic mass is 35.5. The summed E-state index contributed by atoms with van der Waals surface area (Å²) in [5.41, 5.74) is 4.05. The first-order chi connectivity index (χ1) is 13.1. The second-order valence-electron chi connectivity index (χ2n) is 6.31.